The van der Waals surface area contributed by atoms with Gasteiger partial charge in [0.25, 0.3) is 0 Å². The summed E-state index contributed by atoms with van der Waals surface area (Å²) in [5.74, 6) is 0.243. The maximum Gasteiger partial charge on any atom is 0.322 e. The Morgan fingerprint density at radius 2 is 2.05 bits per heavy atom. The van der Waals surface area contributed by atoms with Gasteiger partial charge in [-0.2, -0.15) is 4.98 Å². The molecule has 0 spiro atoms. The molecule has 0 saturated carbocycles. The number of ether oxygens (including phenoxy) is 1. The predicted octanol–water partition coefficient (Wildman–Crippen LogP) is 2.17. The first-order valence-corrected chi connectivity index (χ1v) is 6.56. The lowest BCUT2D eigenvalue weighted by Crippen LogP contribution is -2.13. The fraction of sp³-hybridized carbons (Fsp3) is 0.143. The van der Waals surface area contributed by atoms with Crippen molar-refractivity contribution in [3.63, 3.8) is 0 Å². The molecule has 3 N–H and O–H groups in total. The number of hydrogen-bond donors (Lipinski definition) is 2. The number of para-hydroxylation sites is 2. The summed E-state index contributed by atoms with van der Waals surface area (Å²) in [6.07, 6.45) is 0. The molecule has 0 bridgehead atoms. The molecule has 0 aliphatic heterocycles. The van der Waals surface area contributed by atoms with Crippen LogP contribution in [0.25, 0.3) is 0 Å². The molecular formula is C14H14N4O2S. The lowest BCUT2D eigenvalue weighted by molar-refractivity contribution is -0.114. The number of aryl methyl sites for hydroxylation is 1. The van der Waals surface area contributed by atoms with Gasteiger partial charge in [0.2, 0.25) is 5.91 Å². The second kappa shape index (κ2) is 6.27. The number of nitrogens with zero attached hydrogens (tertiary/aromatic N) is 2. The zero-order valence-corrected chi connectivity index (χ0v) is 12.4. The van der Waals surface area contributed by atoms with Crippen LogP contribution >= 0.6 is 12.2 Å². The molecule has 0 radical (unpaired) electrons. The van der Waals surface area contributed by atoms with Crippen LogP contribution in [0.15, 0.2) is 30.3 Å². The maximum absolute atomic E-state index is 11.2. The Balaban J connectivity index is 2.34. The van der Waals surface area contributed by atoms with E-state index in [4.69, 9.17) is 22.7 Å². The second-order valence-corrected chi connectivity index (χ2v) is 4.76. The van der Waals surface area contributed by atoms with Crippen molar-refractivity contribution >= 4 is 28.8 Å². The summed E-state index contributed by atoms with van der Waals surface area (Å²) in [5.41, 5.74) is 7.22. The van der Waals surface area contributed by atoms with Crippen LogP contribution in [0.3, 0.4) is 0 Å². The first-order chi connectivity index (χ1) is 9.95. The van der Waals surface area contributed by atoms with Crippen LogP contribution in [0, 0.1) is 6.92 Å². The Kier molecular flexibility index (Phi) is 4.44. The molecule has 0 unspecified atom stereocenters. The summed E-state index contributed by atoms with van der Waals surface area (Å²) in [6.45, 7) is 3.21. The molecule has 0 atom stereocenters. The van der Waals surface area contributed by atoms with Crippen LogP contribution in [0.2, 0.25) is 0 Å². The van der Waals surface area contributed by atoms with Crippen LogP contribution in [-0.2, 0) is 4.79 Å². The fourth-order valence-electron chi connectivity index (χ4n) is 1.66. The molecule has 0 aliphatic carbocycles. The van der Waals surface area contributed by atoms with Gasteiger partial charge >= 0.3 is 6.01 Å². The number of hydrogen-bond acceptors (Lipinski definition) is 5. The molecule has 1 heterocycles. The summed E-state index contributed by atoms with van der Waals surface area (Å²) < 4.78 is 5.63. The highest BCUT2D eigenvalue weighted by atomic mass is 32.1. The monoisotopic (exact) mass is 302 g/mol. The second-order valence-electron chi connectivity index (χ2n) is 4.32. The SMILES string of the molecule is CC(=O)Nc1ccccc1Oc1nc(C)cc(C(N)=S)n1. The van der Waals surface area contributed by atoms with Gasteiger partial charge in [0, 0.05) is 12.6 Å². The number of benzene rings is 1. The minimum atomic E-state index is -0.194. The molecule has 21 heavy (non-hydrogen) atoms. The quantitative estimate of drug-likeness (QED) is 0.841. The third-order valence-corrected chi connectivity index (χ3v) is 2.69. The van der Waals surface area contributed by atoms with Gasteiger partial charge < -0.3 is 15.8 Å². The normalized spacial score (nSPS) is 10.0. The molecule has 0 fully saturated rings. The van der Waals surface area contributed by atoms with Crippen molar-refractivity contribution in [1.29, 1.82) is 0 Å². The van der Waals surface area contributed by atoms with E-state index in [1.165, 1.54) is 6.92 Å². The van der Waals surface area contributed by atoms with E-state index in [2.05, 4.69) is 15.3 Å². The van der Waals surface area contributed by atoms with Gasteiger partial charge in [-0.1, -0.05) is 24.4 Å². The van der Waals surface area contributed by atoms with Crippen molar-refractivity contribution in [3.8, 4) is 11.8 Å². The average molecular weight is 302 g/mol. The van der Waals surface area contributed by atoms with Crippen LogP contribution in [0.4, 0.5) is 5.69 Å². The van der Waals surface area contributed by atoms with E-state index in [0.717, 1.165) is 0 Å². The van der Waals surface area contributed by atoms with E-state index in [0.29, 0.717) is 22.8 Å². The van der Waals surface area contributed by atoms with E-state index in [9.17, 15) is 4.79 Å². The predicted molar refractivity (Wildman–Crippen MR) is 83.5 cm³/mol. The molecule has 0 saturated heterocycles. The van der Waals surface area contributed by atoms with Crippen molar-refractivity contribution in [2.75, 3.05) is 5.32 Å². The van der Waals surface area contributed by atoms with Gasteiger partial charge in [-0.3, -0.25) is 4.79 Å². The Hall–Kier alpha value is -2.54. The van der Waals surface area contributed by atoms with Gasteiger partial charge in [0.05, 0.1) is 5.69 Å². The minimum Gasteiger partial charge on any atom is -0.422 e. The standard InChI is InChI=1S/C14H14N4O2S/c1-8-7-11(13(15)21)18-14(16-8)20-12-6-4-3-5-10(12)17-9(2)19/h3-7H,1-2H3,(H2,15,21)(H,17,19). The largest absolute Gasteiger partial charge is 0.422 e. The summed E-state index contributed by atoms with van der Waals surface area (Å²) in [7, 11) is 0. The van der Waals surface area contributed by atoms with Crippen LogP contribution < -0.4 is 15.8 Å². The van der Waals surface area contributed by atoms with Gasteiger partial charge in [-0.25, -0.2) is 4.98 Å². The number of nitrogens with two attached hydrogens (primary N) is 1. The van der Waals surface area contributed by atoms with Crippen molar-refractivity contribution in [3.05, 3.63) is 41.7 Å². The number of nitrogens with one attached hydrogen (secondary N) is 1. The van der Waals surface area contributed by atoms with Gasteiger partial charge in [0.1, 0.15) is 10.7 Å². The topological polar surface area (TPSA) is 90.1 Å². The fourth-order valence-corrected chi connectivity index (χ4v) is 1.76. The molecule has 2 aromatic rings. The number of thiocarbonyl (C=S) groups is 1. The summed E-state index contributed by atoms with van der Waals surface area (Å²) in [4.78, 5) is 19.7. The molecule has 1 amide bonds. The van der Waals surface area contributed by atoms with Crippen molar-refractivity contribution in [2.45, 2.75) is 13.8 Å². The van der Waals surface area contributed by atoms with Crippen molar-refractivity contribution in [2.24, 2.45) is 5.73 Å². The number of carbonyl (C=O) groups excluding carboxylic acids is 1. The summed E-state index contributed by atoms with van der Waals surface area (Å²) >= 11 is 4.90. The highest BCUT2D eigenvalue weighted by Gasteiger charge is 2.10. The van der Waals surface area contributed by atoms with Gasteiger partial charge in [0.15, 0.2) is 5.75 Å². The number of carbonyl (C=O) groups is 1. The van der Waals surface area contributed by atoms with E-state index in [-0.39, 0.29) is 16.9 Å². The van der Waals surface area contributed by atoms with Crippen LogP contribution in [0.1, 0.15) is 18.3 Å². The number of amides is 1. The minimum absolute atomic E-state index is 0.121. The molecule has 6 nitrogen and oxygen atoms in total. The molecule has 108 valence electrons. The summed E-state index contributed by atoms with van der Waals surface area (Å²) in [6, 6.07) is 8.80. The third kappa shape index (κ3) is 3.96. The van der Waals surface area contributed by atoms with Gasteiger partial charge in [-0.05, 0) is 25.1 Å². The number of anilines is 1. The molecule has 1 aromatic heterocycles. The molecule has 7 heteroatoms. The van der Waals surface area contributed by atoms with Crippen LogP contribution in [0.5, 0.6) is 11.8 Å². The van der Waals surface area contributed by atoms with E-state index < -0.39 is 0 Å². The Labute approximate surface area is 127 Å². The first-order valence-electron chi connectivity index (χ1n) is 6.15. The Morgan fingerprint density at radius 3 is 2.71 bits per heavy atom. The van der Waals surface area contributed by atoms with Gasteiger partial charge in [-0.15, -0.1) is 0 Å². The highest BCUT2D eigenvalue weighted by Crippen LogP contribution is 2.27. The first kappa shape index (κ1) is 14.9. The third-order valence-electron chi connectivity index (χ3n) is 2.49. The number of rotatable bonds is 4. The van der Waals surface area contributed by atoms with Crippen molar-refractivity contribution < 1.29 is 9.53 Å². The Bertz CT molecular complexity index is 703. The maximum atomic E-state index is 11.2. The molecular weight excluding hydrogens is 288 g/mol. The zero-order chi connectivity index (χ0) is 15.4. The van der Waals surface area contributed by atoms with E-state index in [1.54, 1.807) is 37.3 Å². The molecule has 2 rings (SSSR count). The highest BCUT2D eigenvalue weighted by molar-refractivity contribution is 7.80. The smallest absolute Gasteiger partial charge is 0.322 e. The average Bonchev–Trinajstić information content (AvgIpc) is 2.39. The lowest BCUT2D eigenvalue weighted by atomic mass is 10.3. The van der Waals surface area contributed by atoms with Crippen LogP contribution in [-0.4, -0.2) is 20.9 Å². The Morgan fingerprint density at radius 1 is 1.33 bits per heavy atom. The molecule has 1 aromatic carbocycles. The molecule has 0 aliphatic rings. The lowest BCUT2D eigenvalue weighted by Gasteiger charge is -2.11. The zero-order valence-electron chi connectivity index (χ0n) is 11.6. The van der Waals surface area contributed by atoms with E-state index >= 15 is 0 Å². The number of aromatic nitrogens is 2. The summed E-state index contributed by atoms with van der Waals surface area (Å²) in [5, 5.41) is 2.68. The van der Waals surface area contributed by atoms with Crippen molar-refractivity contribution in [1.82, 2.24) is 9.97 Å². The van der Waals surface area contributed by atoms with E-state index in [1.807, 2.05) is 0 Å².